The van der Waals surface area contributed by atoms with Gasteiger partial charge in [-0.25, -0.2) is 0 Å². The molecule has 0 aliphatic heterocycles. The first-order valence-electron chi connectivity index (χ1n) is 7.99. The van der Waals surface area contributed by atoms with E-state index in [4.69, 9.17) is 0 Å². The van der Waals surface area contributed by atoms with Gasteiger partial charge < -0.3 is 5.32 Å². The van der Waals surface area contributed by atoms with Crippen LogP contribution in [0.3, 0.4) is 0 Å². The monoisotopic (exact) mass is 259 g/mol. The molecule has 19 heavy (non-hydrogen) atoms. The fourth-order valence-electron chi connectivity index (χ4n) is 2.85. The number of nitrogens with one attached hydrogen (secondary N) is 1. The van der Waals surface area contributed by atoms with Gasteiger partial charge in [-0.3, -0.25) is 0 Å². The van der Waals surface area contributed by atoms with Crippen molar-refractivity contribution in [1.29, 1.82) is 0 Å². The minimum atomic E-state index is 0.629. The second-order valence-electron chi connectivity index (χ2n) is 6.38. The van der Waals surface area contributed by atoms with E-state index in [0.717, 1.165) is 12.0 Å². The van der Waals surface area contributed by atoms with Crippen molar-refractivity contribution in [3.63, 3.8) is 0 Å². The third-order valence-electron chi connectivity index (χ3n) is 4.28. The maximum Gasteiger partial charge on any atom is 0.00695 e. The van der Waals surface area contributed by atoms with Gasteiger partial charge in [0.15, 0.2) is 0 Å². The maximum atomic E-state index is 3.82. The molecule has 0 radical (unpaired) electrons. The molecule has 0 saturated heterocycles. The van der Waals surface area contributed by atoms with Crippen LogP contribution in [0.25, 0.3) is 0 Å². The van der Waals surface area contributed by atoms with E-state index < -0.39 is 0 Å². The standard InChI is InChI=1S/C18H29N/c1-4-18(13-17-10-11-17)19-15(3)8-9-16-7-5-6-14(2)12-16/h5-7,12,15,17-19H,4,8-11,13H2,1-3H3. The van der Waals surface area contributed by atoms with Gasteiger partial charge in [0.1, 0.15) is 0 Å². The summed E-state index contributed by atoms with van der Waals surface area (Å²) in [6.07, 6.45) is 8.03. The van der Waals surface area contributed by atoms with Crippen molar-refractivity contribution in [3.05, 3.63) is 35.4 Å². The molecule has 0 bridgehead atoms. The Kier molecular flexibility index (Phi) is 5.45. The van der Waals surface area contributed by atoms with Gasteiger partial charge in [-0.2, -0.15) is 0 Å². The normalized spacial score (nSPS) is 18.3. The van der Waals surface area contributed by atoms with Crippen molar-refractivity contribution in [2.24, 2.45) is 5.92 Å². The number of hydrogen-bond donors (Lipinski definition) is 1. The molecule has 1 aliphatic carbocycles. The Labute approximate surface area is 118 Å². The summed E-state index contributed by atoms with van der Waals surface area (Å²) in [6.45, 7) is 6.83. The number of aryl methyl sites for hydroxylation is 2. The van der Waals surface area contributed by atoms with E-state index in [2.05, 4.69) is 50.4 Å². The molecular weight excluding hydrogens is 230 g/mol. The summed E-state index contributed by atoms with van der Waals surface area (Å²) in [5.41, 5.74) is 2.85. The molecule has 1 saturated carbocycles. The Hall–Kier alpha value is -0.820. The third-order valence-corrected chi connectivity index (χ3v) is 4.28. The lowest BCUT2D eigenvalue weighted by Gasteiger charge is -2.22. The minimum absolute atomic E-state index is 0.629. The van der Waals surface area contributed by atoms with Gasteiger partial charge in [-0.05, 0) is 51.0 Å². The van der Waals surface area contributed by atoms with Gasteiger partial charge in [0, 0.05) is 12.1 Å². The van der Waals surface area contributed by atoms with Crippen LogP contribution in [0, 0.1) is 12.8 Å². The fraction of sp³-hybridized carbons (Fsp3) is 0.667. The van der Waals surface area contributed by atoms with E-state index in [1.165, 1.54) is 49.7 Å². The van der Waals surface area contributed by atoms with Gasteiger partial charge in [0.05, 0.1) is 0 Å². The van der Waals surface area contributed by atoms with Crippen LogP contribution < -0.4 is 5.32 Å². The van der Waals surface area contributed by atoms with Gasteiger partial charge in [-0.1, -0.05) is 49.6 Å². The predicted molar refractivity (Wildman–Crippen MR) is 83.5 cm³/mol. The molecule has 1 aliphatic rings. The second kappa shape index (κ2) is 7.09. The summed E-state index contributed by atoms with van der Waals surface area (Å²) in [7, 11) is 0. The van der Waals surface area contributed by atoms with Crippen LogP contribution in [0.5, 0.6) is 0 Å². The molecule has 1 heteroatoms. The van der Waals surface area contributed by atoms with Gasteiger partial charge >= 0.3 is 0 Å². The second-order valence-corrected chi connectivity index (χ2v) is 6.38. The Morgan fingerprint density at radius 3 is 2.74 bits per heavy atom. The maximum absolute atomic E-state index is 3.82. The van der Waals surface area contributed by atoms with E-state index in [0.29, 0.717) is 6.04 Å². The van der Waals surface area contributed by atoms with Gasteiger partial charge in [0.2, 0.25) is 0 Å². The van der Waals surface area contributed by atoms with Gasteiger partial charge in [0.25, 0.3) is 0 Å². The molecule has 2 rings (SSSR count). The molecule has 0 spiro atoms. The van der Waals surface area contributed by atoms with Crippen LogP contribution in [-0.2, 0) is 6.42 Å². The van der Waals surface area contributed by atoms with Crippen LogP contribution >= 0.6 is 0 Å². The fourth-order valence-corrected chi connectivity index (χ4v) is 2.85. The van der Waals surface area contributed by atoms with Gasteiger partial charge in [-0.15, -0.1) is 0 Å². The third kappa shape index (κ3) is 5.36. The lowest BCUT2D eigenvalue weighted by Crippen LogP contribution is -2.36. The molecule has 1 fully saturated rings. The van der Waals surface area contributed by atoms with Crippen molar-refractivity contribution in [3.8, 4) is 0 Å². The summed E-state index contributed by atoms with van der Waals surface area (Å²) >= 11 is 0. The largest absolute Gasteiger partial charge is 0.311 e. The zero-order valence-electron chi connectivity index (χ0n) is 12.8. The van der Waals surface area contributed by atoms with Crippen molar-refractivity contribution in [2.45, 2.75) is 71.4 Å². The van der Waals surface area contributed by atoms with Crippen LogP contribution in [0.1, 0.15) is 57.1 Å². The average molecular weight is 259 g/mol. The quantitative estimate of drug-likeness (QED) is 0.725. The highest BCUT2D eigenvalue weighted by atomic mass is 14.9. The molecule has 0 aromatic heterocycles. The summed E-state index contributed by atoms with van der Waals surface area (Å²) in [5, 5.41) is 3.82. The predicted octanol–water partition coefficient (Wildman–Crippen LogP) is 4.48. The smallest absolute Gasteiger partial charge is 0.00695 e. The molecule has 0 amide bonds. The number of benzene rings is 1. The van der Waals surface area contributed by atoms with E-state index in [-0.39, 0.29) is 0 Å². The molecule has 2 unspecified atom stereocenters. The van der Waals surface area contributed by atoms with Crippen molar-refractivity contribution >= 4 is 0 Å². The van der Waals surface area contributed by atoms with E-state index in [9.17, 15) is 0 Å². The van der Waals surface area contributed by atoms with Crippen molar-refractivity contribution < 1.29 is 0 Å². The first-order valence-corrected chi connectivity index (χ1v) is 7.99. The first-order chi connectivity index (χ1) is 9.17. The van der Waals surface area contributed by atoms with Crippen LogP contribution in [0.2, 0.25) is 0 Å². The molecule has 1 aromatic rings. The average Bonchev–Trinajstić information content (AvgIpc) is 3.19. The van der Waals surface area contributed by atoms with E-state index in [1.807, 2.05) is 0 Å². The molecule has 1 nitrogen and oxygen atoms in total. The highest BCUT2D eigenvalue weighted by Crippen LogP contribution is 2.34. The van der Waals surface area contributed by atoms with E-state index >= 15 is 0 Å². The van der Waals surface area contributed by atoms with Crippen molar-refractivity contribution in [2.75, 3.05) is 0 Å². The van der Waals surface area contributed by atoms with Crippen LogP contribution in [0.15, 0.2) is 24.3 Å². The minimum Gasteiger partial charge on any atom is -0.311 e. The highest BCUT2D eigenvalue weighted by molar-refractivity contribution is 5.22. The Morgan fingerprint density at radius 2 is 2.11 bits per heavy atom. The lowest BCUT2D eigenvalue weighted by molar-refractivity contribution is 0.386. The molecule has 2 atom stereocenters. The molecule has 1 aromatic carbocycles. The van der Waals surface area contributed by atoms with Crippen molar-refractivity contribution in [1.82, 2.24) is 5.32 Å². The highest BCUT2D eigenvalue weighted by Gasteiger charge is 2.25. The van der Waals surface area contributed by atoms with Crippen LogP contribution in [-0.4, -0.2) is 12.1 Å². The molecule has 1 N–H and O–H groups in total. The van der Waals surface area contributed by atoms with E-state index in [1.54, 1.807) is 0 Å². The SMILES string of the molecule is CCC(CC1CC1)NC(C)CCc1cccc(C)c1. The molecule has 106 valence electrons. The zero-order chi connectivity index (χ0) is 13.7. The van der Waals surface area contributed by atoms with Crippen LogP contribution in [0.4, 0.5) is 0 Å². The number of hydrogen-bond acceptors (Lipinski definition) is 1. The first kappa shape index (κ1) is 14.6. The summed E-state index contributed by atoms with van der Waals surface area (Å²) < 4.78 is 0. The summed E-state index contributed by atoms with van der Waals surface area (Å²) in [5.74, 6) is 1.03. The summed E-state index contributed by atoms with van der Waals surface area (Å²) in [6, 6.07) is 10.3. The zero-order valence-corrected chi connectivity index (χ0v) is 12.8. The molecule has 0 heterocycles. The lowest BCUT2D eigenvalue weighted by atomic mass is 10.0. The Morgan fingerprint density at radius 1 is 1.32 bits per heavy atom. The molecular formula is C18H29N. The summed E-state index contributed by atoms with van der Waals surface area (Å²) in [4.78, 5) is 0. The Balaban J connectivity index is 1.72. The number of rotatable bonds is 8. The Bertz CT molecular complexity index is 381. The topological polar surface area (TPSA) is 12.0 Å².